The Balaban J connectivity index is 1.89. The monoisotopic (exact) mass is 548 g/mol. The van der Waals surface area contributed by atoms with Gasteiger partial charge in [0.2, 0.25) is 0 Å². The predicted molar refractivity (Wildman–Crippen MR) is 169 cm³/mol. The zero-order chi connectivity index (χ0) is 30.0. The normalized spacial score (nSPS) is 21.6. The van der Waals surface area contributed by atoms with Crippen LogP contribution in [0.5, 0.6) is 11.5 Å². The van der Waals surface area contributed by atoms with E-state index >= 15 is 0 Å². The standard InChI is InChI=1S/C36H56N2O2/c1-33(2,3)24-17-23(30(39)28(19-24)35(7,8)9)21-37-22-26-15-13-14-16-38(26)32(37)27-18-25(34(4,5)6)20-29(31(27)40)36(10,11)12/h17-20,26,32,39-40H,13-16,21-22H2,1-12H3. The quantitative estimate of drug-likeness (QED) is 0.403. The van der Waals surface area contributed by atoms with Crippen LogP contribution in [-0.4, -0.2) is 39.1 Å². The smallest absolute Gasteiger partial charge is 0.125 e. The number of piperidine rings is 1. The molecule has 40 heavy (non-hydrogen) atoms. The second kappa shape index (κ2) is 10.3. The van der Waals surface area contributed by atoms with Gasteiger partial charge in [0, 0.05) is 36.8 Å². The number of benzene rings is 2. The summed E-state index contributed by atoms with van der Waals surface area (Å²) in [6.07, 6.45) is 3.60. The number of fused-ring (bicyclic) bond motifs is 1. The first kappa shape index (κ1) is 30.9. The molecular formula is C36H56N2O2. The number of hydrogen-bond acceptors (Lipinski definition) is 4. The van der Waals surface area contributed by atoms with Crippen LogP contribution in [0.3, 0.4) is 0 Å². The molecule has 0 saturated carbocycles. The van der Waals surface area contributed by atoms with Crippen molar-refractivity contribution in [1.82, 2.24) is 9.80 Å². The number of aromatic hydroxyl groups is 2. The maximum absolute atomic E-state index is 11.9. The van der Waals surface area contributed by atoms with Crippen LogP contribution in [0.15, 0.2) is 24.3 Å². The van der Waals surface area contributed by atoms with Crippen molar-refractivity contribution in [3.63, 3.8) is 0 Å². The molecule has 0 aliphatic carbocycles. The molecule has 2 heterocycles. The third-order valence-corrected chi connectivity index (χ3v) is 9.11. The molecule has 2 unspecified atom stereocenters. The van der Waals surface area contributed by atoms with Gasteiger partial charge in [-0.25, -0.2) is 0 Å². The van der Waals surface area contributed by atoms with Gasteiger partial charge in [-0.3, -0.25) is 9.80 Å². The van der Waals surface area contributed by atoms with E-state index in [1.54, 1.807) is 0 Å². The predicted octanol–water partition coefficient (Wildman–Crippen LogP) is 8.66. The lowest BCUT2D eigenvalue weighted by molar-refractivity contribution is 0.0947. The zero-order valence-electron chi connectivity index (χ0n) is 27.5. The molecule has 2 fully saturated rings. The third kappa shape index (κ3) is 6.09. The van der Waals surface area contributed by atoms with Crippen molar-refractivity contribution in [2.75, 3.05) is 13.1 Å². The van der Waals surface area contributed by atoms with Gasteiger partial charge >= 0.3 is 0 Å². The Bertz CT molecular complexity index is 1230. The van der Waals surface area contributed by atoms with Gasteiger partial charge in [-0.2, -0.15) is 0 Å². The molecule has 0 aromatic heterocycles. The largest absolute Gasteiger partial charge is 0.507 e. The van der Waals surface area contributed by atoms with E-state index in [0.717, 1.165) is 35.3 Å². The minimum Gasteiger partial charge on any atom is -0.507 e. The molecule has 4 rings (SSSR count). The summed E-state index contributed by atoms with van der Waals surface area (Å²) in [4.78, 5) is 5.16. The van der Waals surface area contributed by atoms with Gasteiger partial charge in [0.25, 0.3) is 0 Å². The van der Waals surface area contributed by atoms with Crippen LogP contribution >= 0.6 is 0 Å². The van der Waals surface area contributed by atoms with Crippen LogP contribution in [0.4, 0.5) is 0 Å². The maximum atomic E-state index is 11.9. The van der Waals surface area contributed by atoms with E-state index in [9.17, 15) is 10.2 Å². The second-order valence-electron chi connectivity index (χ2n) is 16.7. The number of nitrogens with zero attached hydrogens (tertiary/aromatic N) is 2. The summed E-state index contributed by atoms with van der Waals surface area (Å²) < 4.78 is 0. The van der Waals surface area contributed by atoms with Crippen LogP contribution in [0.2, 0.25) is 0 Å². The molecule has 2 atom stereocenters. The molecule has 0 spiro atoms. The molecule has 2 aromatic rings. The average Bonchev–Trinajstić information content (AvgIpc) is 3.15. The molecule has 4 heteroatoms. The molecule has 4 nitrogen and oxygen atoms in total. The number of phenols is 2. The van der Waals surface area contributed by atoms with E-state index in [0.29, 0.717) is 24.1 Å². The fraction of sp³-hybridized carbons (Fsp3) is 0.667. The lowest BCUT2D eigenvalue weighted by Gasteiger charge is -2.37. The summed E-state index contributed by atoms with van der Waals surface area (Å²) in [5.41, 5.74) is 6.16. The van der Waals surface area contributed by atoms with E-state index < -0.39 is 0 Å². The lowest BCUT2D eigenvalue weighted by Crippen LogP contribution is -2.38. The summed E-state index contributed by atoms with van der Waals surface area (Å²) in [6, 6.07) is 9.39. The van der Waals surface area contributed by atoms with Crippen LogP contribution in [0, 0.1) is 0 Å². The van der Waals surface area contributed by atoms with Crippen LogP contribution < -0.4 is 0 Å². The van der Waals surface area contributed by atoms with E-state index in [-0.39, 0.29) is 27.8 Å². The Morgan fingerprint density at radius 1 is 0.675 bits per heavy atom. The van der Waals surface area contributed by atoms with Crippen molar-refractivity contribution in [3.8, 4) is 11.5 Å². The first-order valence-electron chi connectivity index (χ1n) is 15.4. The Morgan fingerprint density at radius 2 is 1.20 bits per heavy atom. The fourth-order valence-electron chi connectivity index (χ4n) is 6.54. The van der Waals surface area contributed by atoms with Gasteiger partial charge in [-0.05, 0) is 62.8 Å². The molecule has 2 N–H and O–H groups in total. The van der Waals surface area contributed by atoms with Crippen molar-refractivity contribution in [2.24, 2.45) is 0 Å². The van der Waals surface area contributed by atoms with E-state index in [2.05, 4.69) is 117 Å². The highest BCUT2D eigenvalue weighted by Crippen LogP contribution is 2.47. The summed E-state index contributed by atoms with van der Waals surface area (Å²) in [7, 11) is 0. The summed E-state index contributed by atoms with van der Waals surface area (Å²) in [5.74, 6) is 0.858. The zero-order valence-corrected chi connectivity index (χ0v) is 27.5. The molecule has 0 bridgehead atoms. The lowest BCUT2D eigenvalue weighted by atomic mass is 9.78. The highest BCUT2D eigenvalue weighted by Gasteiger charge is 2.44. The fourth-order valence-corrected chi connectivity index (χ4v) is 6.54. The van der Waals surface area contributed by atoms with Crippen molar-refractivity contribution >= 4 is 0 Å². The topological polar surface area (TPSA) is 46.9 Å². The van der Waals surface area contributed by atoms with Crippen LogP contribution in [0.1, 0.15) is 142 Å². The SMILES string of the molecule is CC(C)(C)c1cc(CN2CC3CCCCN3C2c2cc(C(C)(C)C)cc(C(C)(C)C)c2O)c(O)c(C(C)(C)C)c1. The third-order valence-electron chi connectivity index (χ3n) is 9.11. The molecule has 0 radical (unpaired) electrons. The molecule has 0 amide bonds. The van der Waals surface area contributed by atoms with E-state index in [4.69, 9.17) is 0 Å². The Hall–Kier alpha value is -2.04. The van der Waals surface area contributed by atoms with E-state index in [1.165, 1.54) is 30.4 Å². The number of hydrogen-bond donors (Lipinski definition) is 2. The number of rotatable bonds is 3. The molecule has 222 valence electrons. The van der Waals surface area contributed by atoms with Crippen LogP contribution in [0.25, 0.3) is 0 Å². The van der Waals surface area contributed by atoms with Gasteiger partial charge in [-0.1, -0.05) is 108 Å². The van der Waals surface area contributed by atoms with Crippen molar-refractivity contribution in [3.05, 3.63) is 57.6 Å². The van der Waals surface area contributed by atoms with Gasteiger partial charge in [0.15, 0.2) is 0 Å². The molecule has 2 aliphatic rings. The van der Waals surface area contributed by atoms with Gasteiger partial charge in [0.1, 0.15) is 11.5 Å². The summed E-state index contributed by atoms with van der Waals surface area (Å²) >= 11 is 0. The molecule has 2 saturated heterocycles. The minimum atomic E-state index is -0.175. The molecule has 2 aromatic carbocycles. The Morgan fingerprint density at radius 3 is 1.73 bits per heavy atom. The first-order valence-corrected chi connectivity index (χ1v) is 15.4. The Kier molecular flexibility index (Phi) is 8.00. The average molecular weight is 549 g/mol. The number of phenolic OH excluding ortho intramolecular Hbond substituents is 2. The molecule has 2 aliphatic heterocycles. The van der Waals surface area contributed by atoms with Crippen molar-refractivity contribution in [2.45, 2.75) is 143 Å². The highest BCUT2D eigenvalue weighted by atomic mass is 16.3. The van der Waals surface area contributed by atoms with Crippen molar-refractivity contribution < 1.29 is 10.2 Å². The maximum Gasteiger partial charge on any atom is 0.125 e. The summed E-state index contributed by atoms with van der Waals surface area (Å²) in [5, 5.41) is 23.6. The molecular weight excluding hydrogens is 492 g/mol. The van der Waals surface area contributed by atoms with Gasteiger partial charge in [0.05, 0.1) is 6.17 Å². The summed E-state index contributed by atoms with van der Waals surface area (Å²) in [6.45, 7) is 29.3. The minimum absolute atomic E-state index is 0.0226. The highest BCUT2D eigenvalue weighted by molar-refractivity contribution is 5.51. The van der Waals surface area contributed by atoms with Crippen LogP contribution in [-0.2, 0) is 28.2 Å². The Labute approximate surface area is 244 Å². The van der Waals surface area contributed by atoms with Gasteiger partial charge in [-0.15, -0.1) is 0 Å². The first-order chi connectivity index (χ1) is 18.2. The van der Waals surface area contributed by atoms with Gasteiger partial charge < -0.3 is 10.2 Å². The van der Waals surface area contributed by atoms with Crippen molar-refractivity contribution in [1.29, 1.82) is 0 Å². The second-order valence-corrected chi connectivity index (χ2v) is 16.7. The van der Waals surface area contributed by atoms with E-state index in [1.807, 2.05) is 0 Å².